The van der Waals surface area contributed by atoms with E-state index in [1.54, 1.807) is 74.5 Å². The number of carbonyl (C=O) groups excluding carboxylic acids is 6. The van der Waals surface area contributed by atoms with Crippen LogP contribution in [0.2, 0.25) is 0 Å². The quantitative estimate of drug-likeness (QED) is 0.0587. The Morgan fingerprint density at radius 2 is 1.29 bits per heavy atom. The number of rotatable bonds is 24. The summed E-state index contributed by atoms with van der Waals surface area (Å²) >= 11 is 0. The molecule has 1 aliphatic heterocycles. The first kappa shape index (κ1) is 50.6. The van der Waals surface area contributed by atoms with E-state index in [1.165, 1.54) is 4.90 Å². The van der Waals surface area contributed by atoms with Crippen molar-refractivity contribution in [1.82, 2.24) is 26.2 Å². The molecule has 0 radical (unpaired) electrons. The third-order valence-corrected chi connectivity index (χ3v) is 10.0. The molecule has 0 bridgehead atoms. The maximum absolute atomic E-state index is 14.1. The Hall–Kier alpha value is -5.73. The van der Waals surface area contributed by atoms with Crippen molar-refractivity contribution in [2.75, 3.05) is 19.8 Å². The number of likely N-dealkylation sites (tertiary alicyclic amines) is 1. The molecular formula is C37H50N6O17S2. The maximum Gasteiger partial charge on any atom is 0.407 e. The lowest BCUT2D eigenvalue weighted by molar-refractivity contribution is -0.141. The van der Waals surface area contributed by atoms with Gasteiger partial charge in [-0.3, -0.25) is 37.9 Å². The standard InChI is InChI=1S/C37H50N6O17S2/c1-22(2)16-29(42-37(51)58-20-25(60-62(55,56)57)21-59-61(52,53)54)36(50)43-15-9-14-30(43)35(49)41-28(18-24-12-7-4-8-13-24)34(48)40-27(17-23-10-5-3-6-11-23)33(47)39-26(32(38)46)19-31(44)45/h3-8,10-13,22,25-30H,9,14-21H2,1-2H3,(H2,38,46)(H,39,47)(H,40,48)(H,41,49)(H,42,51)(H,44,45)(H,52,53,54)(H,55,56,57)/t25-,26+,27+,28+,29+,30+/m1/s1. The second-order valence-corrected chi connectivity index (χ2v) is 16.7. The topological polar surface area (TPSA) is 354 Å². The number of amides is 6. The molecule has 3 rings (SSSR count). The van der Waals surface area contributed by atoms with Gasteiger partial charge in [0.15, 0.2) is 0 Å². The van der Waals surface area contributed by atoms with Crippen LogP contribution in [0.1, 0.15) is 50.7 Å². The molecule has 2 aromatic carbocycles. The van der Waals surface area contributed by atoms with Gasteiger partial charge in [0.2, 0.25) is 29.5 Å². The van der Waals surface area contributed by atoms with Crippen LogP contribution in [0.3, 0.4) is 0 Å². The average molecular weight is 915 g/mol. The highest BCUT2D eigenvalue weighted by atomic mass is 32.3. The number of nitrogens with two attached hydrogens (primary N) is 1. The summed E-state index contributed by atoms with van der Waals surface area (Å²) in [5.41, 5.74) is 6.51. The number of carboxylic acid groups (broad SMARTS) is 1. The second kappa shape index (κ2) is 23.5. The molecule has 2 aromatic rings. The number of carbonyl (C=O) groups is 7. The largest absolute Gasteiger partial charge is 0.481 e. The van der Waals surface area contributed by atoms with Crippen molar-refractivity contribution >= 4 is 62.4 Å². The van der Waals surface area contributed by atoms with E-state index in [2.05, 4.69) is 29.6 Å². The van der Waals surface area contributed by atoms with Crippen LogP contribution in [-0.4, -0.2) is 134 Å². The van der Waals surface area contributed by atoms with Gasteiger partial charge in [-0.2, -0.15) is 16.8 Å². The van der Waals surface area contributed by atoms with Gasteiger partial charge in [-0.1, -0.05) is 74.5 Å². The fourth-order valence-corrected chi connectivity index (χ4v) is 7.09. The number of ether oxygens (including phenoxy) is 1. The first-order valence-electron chi connectivity index (χ1n) is 19.0. The van der Waals surface area contributed by atoms with E-state index >= 15 is 0 Å². The molecule has 6 atom stereocenters. The van der Waals surface area contributed by atoms with Crippen molar-refractivity contribution in [3.8, 4) is 0 Å². The van der Waals surface area contributed by atoms with Crippen molar-refractivity contribution in [3.05, 3.63) is 71.8 Å². The molecule has 25 heteroatoms. The summed E-state index contributed by atoms with van der Waals surface area (Å²) in [6.45, 7) is 1.24. The van der Waals surface area contributed by atoms with Crippen LogP contribution in [0.25, 0.3) is 0 Å². The summed E-state index contributed by atoms with van der Waals surface area (Å²) < 4.78 is 75.3. The third-order valence-electron chi connectivity index (χ3n) is 9.07. The lowest BCUT2D eigenvalue weighted by Gasteiger charge is -2.30. The van der Waals surface area contributed by atoms with Crippen LogP contribution < -0.4 is 27.0 Å². The van der Waals surface area contributed by atoms with Gasteiger partial charge in [-0.05, 0) is 36.3 Å². The zero-order chi connectivity index (χ0) is 46.2. The van der Waals surface area contributed by atoms with Crippen LogP contribution in [0.4, 0.5) is 4.79 Å². The van der Waals surface area contributed by atoms with Crippen molar-refractivity contribution in [3.63, 3.8) is 0 Å². The van der Waals surface area contributed by atoms with Gasteiger partial charge >= 0.3 is 32.9 Å². The first-order valence-corrected chi connectivity index (χ1v) is 21.8. The molecule has 23 nitrogen and oxygen atoms in total. The molecule has 62 heavy (non-hydrogen) atoms. The zero-order valence-electron chi connectivity index (χ0n) is 33.6. The van der Waals surface area contributed by atoms with Crippen LogP contribution >= 0.6 is 0 Å². The van der Waals surface area contributed by atoms with E-state index in [-0.39, 0.29) is 38.1 Å². The van der Waals surface area contributed by atoms with Crippen LogP contribution in [0.15, 0.2) is 60.7 Å². The van der Waals surface area contributed by atoms with E-state index < -0.39 is 118 Å². The highest BCUT2D eigenvalue weighted by Gasteiger charge is 2.40. The fraction of sp³-hybridized carbons (Fsp3) is 0.486. The Morgan fingerprint density at radius 1 is 0.758 bits per heavy atom. The molecule has 0 aromatic heterocycles. The number of carboxylic acids is 1. The Labute approximate surface area is 357 Å². The van der Waals surface area contributed by atoms with Gasteiger partial charge in [-0.15, -0.1) is 0 Å². The predicted octanol–water partition coefficient (Wildman–Crippen LogP) is -0.974. The predicted molar refractivity (Wildman–Crippen MR) is 214 cm³/mol. The van der Waals surface area contributed by atoms with Crippen molar-refractivity contribution in [1.29, 1.82) is 0 Å². The molecule has 1 fully saturated rings. The Bertz CT molecular complexity index is 2110. The first-order chi connectivity index (χ1) is 29.0. The number of alkyl carbamates (subject to hydrolysis) is 1. The van der Waals surface area contributed by atoms with Crippen molar-refractivity contribution in [2.45, 2.75) is 88.7 Å². The molecular weight excluding hydrogens is 865 g/mol. The van der Waals surface area contributed by atoms with E-state index in [4.69, 9.17) is 19.6 Å². The van der Waals surface area contributed by atoms with Gasteiger partial charge in [-0.25, -0.2) is 13.2 Å². The van der Waals surface area contributed by atoms with E-state index in [0.717, 1.165) is 0 Å². The monoisotopic (exact) mass is 914 g/mol. The summed E-state index contributed by atoms with van der Waals surface area (Å²) in [6, 6.07) is 10.1. The second-order valence-electron chi connectivity index (χ2n) is 14.5. The average Bonchev–Trinajstić information content (AvgIpc) is 3.68. The number of benzene rings is 2. The molecule has 0 aliphatic carbocycles. The molecule has 0 unspecified atom stereocenters. The number of hydrogen-bond acceptors (Lipinski definition) is 14. The van der Waals surface area contributed by atoms with E-state index in [9.17, 15) is 55.5 Å². The van der Waals surface area contributed by atoms with Gasteiger partial charge in [0.05, 0.1) is 13.0 Å². The lowest BCUT2D eigenvalue weighted by atomic mass is 10.0. The lowest BCUT2D eigenvalue weighted by Crippen LogP contribution is -2.59. The van der Waals surface area contributed by atoms with Gasteiger partial charge < -0.3 is 41.7 Å². The Balaban J connectivity index is 1.83. The Kier molecular flexibility index (Phi) is 19.2. The molecule has 1 aliphatic rings. The number of primary amides is 1. The highest BCUT2D eigenvalue weighted by Crippen LogP contribution is 2.21. The fourth-order valence-electron chi connectivity index (χ4n) is 6.31. The smallest absolute Gasteiger partial charge is 0.407 e. The normalized spacial score (nSPS) is 16.5. The van der Waals surface area contributed by atoms with E-state index in [0.29, 0.717) is 17.5 Å². The van der Waals surface area contributed by atoms with Crippen LogP contribution in [0.5, 0.6) is 0 Å². The summed E-state index contributed by atoms with van der Waals surface area (Å²) in [5, 5.41) is 19.1. The molecule has 9 N–H and O–H groups in total. The zero-order valence-corrected chi connectivity index (χ0v) is 35.2. The molecule has 1 heterocycles. The molecule has 0 spiro atoms. The molecule has 6 amide bonds. The maximum atomic E-state index is 14.1. The van der Waals surface area contributed by atoms with Crippen molar-refractivity contribution in [2.24, 2.45) is 11.7 Å². The summed E-state index contributed by atoms with van der Waals surface area (Å²) in [7, 11) is -10.3. The van der Waals surface area contributed by atoms with E-state index in [1.807, 2.05) is 0 Å². The minimum absolute atomic E-state index is 0.00255. The van der Waals surface area contributed by atoms with Crippen molar-refractivity contribution < 1.29 is 77.7 Å². The molecule has 0 saturated carbocycles. The summed E-state index contributed by atoms with van der Waals surface area (Å²) in [5.74, 6) is -6.05. The number of hydrogen-bond donors (Lipinski definition) is 8. The molecule has 1 saturated heterocycles. The van der Waals surface area contributed by atoms with Gasteiger partial charge in [0.25, 0.3) is 0 Å². The third kappa shape index (κ3) is 18.1. The minimum Gasteiger partial charge on any atom is -0.481 e. The van der Waals surface area contributed by atoms with Gasteiger partial charge in [0, 0.05) is 19.4 Å². The summed E-state index contributed by atoms with van der Waals surface area (Å²) in [6.07, 6.45) is -3.85. The van der Waals surface area contributed by atoms with Gasteiger partial charge in [0.1, 0.15) is 42.9 Å². The SMILES string of the molecule is CC(C)C[C@H](NC(=O)OC[C@H](COS(=O)(=O)O)OS(=O)(=O)O)C(=O)N1CCC[C@H]1C(=O)N[C@@H](Cc1ccccc1)C(=O)N[C@@H](Cc1ccccc1)C(=O)N[C@@H](CC(=O)O)C(N)=O. The summed E-state index contributed by atoms with van der Waals surface area (Å²) in [4.78, 5) is 93.1. The Morgan fingerprint density at radius 3 is 1.77 bits per heavy atom. The number of nitrogens with zero attached hydrogens (tertiary/aromatic N) is 1. The van der Waals surface area contributed by atoms with Crippen LogP contribution in [-0.2, 0) is 75.5 Å². The number of nitrogens with one attached hydrogen (secondary N) is 4. The molecule has 342 valence electrons. The highest BCUT2D eigenvalue weighted by molar-refractivity contribution is 7.81. The minimum atomic E-state index is -5.23. The number of aliphatic carboxylic acids is 1. The van der Waals surface area contributed by atoms with Crippen LogP contribution in [0, 0.1) is 5.92 Å².